The van der Waals surface area contributed by atoms with Gasteiger partial charge in [-0.25, -0.2) is 0 Å². The SMILES string of the molecule is Cc1ccc(Br)cc1C1(c2cccc(CN)c2)COC1. The van der Waals surface area contributed by atoms with E-state index in [1.165, 1.54) is 22.3 Å². The lowest BCUT2D eigenvalue weighted by atomic mass is 9.71. The van der Waals surface area contributed by atoms with Crippen molar-refractivity contribution in [1.29, 1.82) is 0 Å². The second-order valence-corrected chi connectivity index (χ2v) is 6.35. The second-order valence-electron chi connectivity index (χ2n) is 5.44. The lowest BCUT2D eigenvalue weighted by Crippen LogP contribution is -2.48. The predicted octanol–water partition coefficient (Wildman–Crippen LogP) is 3.53. The molecule has 20 heavy (non-hydrogen) atoms. The van der Waals surface area contributed by atoms with Crippen molar-refractivity contribution in [3.63, 3.8) is 0 Å². The van der Waals surface area contributed by atoms with Gasteiger partial charge in [0.05, 0.1) is 18.6 Å². The Morgan fingerprint density at radius 3 is 2.65 bits per heavy atom. The highest BCUT2D eigenvalue weighted by Gasteiger charge is 2.43. The Morgan fingerprint density at radius 1 is 1.20 bits per heavy atom. The number of ether oxygens (including phenoxy) is 1. The molecule has 2 aromatic rings. The highest BCUT2D eigenvalue weighted by Crippen LogP contribution is 2.41. The summed E-state index contributed by atoms with van der Waals surface area (Å²) in [6.45, 7) is 4.20. The monoisotopic (exact) mass is 331 g/mol. The molecule has 0 amide bonds. The number of halogens is 1. The molecule has 0 radical (unpaired) electrons. The highest BCUT2D eigenvalue weighted by atomic mass is 79.9. The molecule has 1 aliphatic heterocycles. The van der Waals surface area contributed by atoms with E-state index < -0.39 is 0 Å². The largest absolute Gasteiger partial charge is 0.379 e. The Bertz CT molecular complexity index is 635. The van der Waals surface area contributed by atoms with Crippen LogP contribution in [0.15, 0.2) is 46.9 Å². The average molecular weight is 332 g/mol. The first-order valence-corrected chi connectivity index (χ1v) is 7.59. The van der Waals surface area contributed by atoms with Gasteiger partial charge >= 0.3 is 0 Å². The molecule has 3 rings (SSSR count). The molecule has 0 unspecified atom stereocenters. The molecular formula is C17H18BrNO. The fourth-order valence-corrected chi connectivity index (χ4v) is 3.25. The number of rotatable bonds is 3. The Labute approximate surface area is 128 Å². The van der Waals surface area contributed by atoms with Crippen LogP contribution < -0.4 is 5.73 Å². The van der Waals surface area contributed by atoms with Gasteiger partial charge in [0, 0.05) is 11.0 Å². The topological polar surface area (TPSA) is 35.2 Å². The van der Waals surface area contributed by atoms with Crippen molar-refractivity contribution >= 4 is 15.9 Å². The lowest BCUT2D eigenvalue weighted by molar-refractivity contribution is -0.0383. The average Bonchev–Trinajstić information content (AvgIpc) is 2.42. The van der Waals surface area contributed by atoms with Crippen LogP contribution in [-0.4, -0.2) is 13.2 Å². The van der Waals surface area contributed by atoms with Gasteiger partial charge in [-0.05, 0) is 41.3 Å². The minimum Gasteiger partial charge on any atom is -0.379 e. The molecule has 0 atom stereocenters. The van der Waals surface area contributed by atoms with Crippen molar-refractivity contribution in [3.05, 3.63) is 69.2 Å². The van der Waals surface area contributed by atoms with Gasteiger partial charge in [-0.3, -0.25) is 0 Å². The van der Waals surface area contributed by atoms with Crippen LogP contribution in [-0.2, 0) is 16.7 Å². The molecule has 104 valence electrons. The Kier molecular flexibility index (Phi) is 3.67. The molecule has 0 saturated carbocycles. The van der Waals surface area contributed by atoms with E-state index in [9.17, 15) is 0 Å². The third-order valence-corrected chi connectivity index (χ3v) is 4.62. The maximum absolute atomic E-state index is 5.78. The summed E-state index contributed by atoms with van der Waals surface area (Å²) in [7, 11) is 0. The van der Waals surface area contributed by atoms with E-state index in [0.717, 1.165) is 17.7 Å². The number of hydrogen-bond donors (Lipinski definition) is 1. The molecule has 2 nitrogen and oxygen atoms in total. The fraction of sp³-hybridized carbons (Fsp3) is 0.294. The summed E-state index contributed by atoms with van der Waals surface area (Å²) >= 11 is 3.58. The van der Waals surface area contributed by atoms with E-state index in [-0.39, 0.29) is 5.41 Å². The maximum atomic E-state index is 5.78. The molecule has 1 heterocycles. The van der Waals surface area contributed by atoms with Crippen molar-refractivity contribution in [3.8, 4) is 0 Å². The van der Waals surface area contributed by atoms with Gasteiger partial charge in [0.15, 0.2) is 0 Å². The van der Waals surface area contributed by atoms with Crippen LogP contribution in [0.4, 0.5) is 0 Å². The molecule has 0 spiro atoms. The third kappa shape index (κ3) is 2.20. The van der Waals surface area contributed by atoms with Crippen LogP contribution in [0.1, 0.15) is 22.3 Å². The van der Waals surface area contributed by atoms with E-state index >= 15 is 0 Å². The molecule has 2 N–H and O–H groups in total. The summed E-state index contributed by atoms with van der Waals surface area (Å²) in [5.41, 5.74) is 10.9. The fourth-order valence-electron chi connectivity index (χ4n) is 2.89. The molecule has 1 fully saturated rings. The van der Waals surface area contributed by atoms with Gasteiger partial charge in [-0.2, -0.15) is 0 Å². The zero-order valence-electron chi connectivity index (χ0n) is 11.5. The van der Waals surface area contributed by atoms with E-state index in [1.54, 1.807) is 0 Å². The second kappa shape index (κ2) is 5.32. The summed E-state index contributed by atoms with van der Waals surface area (Å²) < 4.78 is 6.68. The molecule has 0 bridgehead atoms. The highest BCUT2D eigenvalue weighted by molar-refractivity contribution is 9.10. The number of nitrogens with two attached hydrogens (primary N) is 1. The van der Waals surface area contributed by atoms with E-state index in [1.807, 2.05) is 0 Å². The van der Waals surface area contributed by atoms with Gasteiger partial charge in [-0.15, -0.1) is 0 Å². The minimum absolute atomic E-state index is 0.0287. The van der Waals surface area contributed by atoms with Crippen LogP contribution in [0.3, 0.4) is 0 Å². The summed E-state index contributed by atoms with van der Waals surface area (Å²) in [5.74, 6) is 0. The van der Waals surface area contributed by atoms with Crippen LogP contribution in [0.2, 0.25) is 0 Å². The predicted molar refractivity (Wildman–Crippen MR) is 84.8 cm³/mol. The van der Waals surface area contributed by atoms with Crippen LogP contribution in [0, 0.1) is 6.92 Å². The van der Waals surface area contributed by atoms with Gasteiger partial charge < -0.3 is 10.5 Å². The molecule has 3 heteroatoms. The smallest absolute Gasteiger partial charge is 0.0672 e. The first kappa shape index (κ1) is 13.8. The zero-order valence-corrected chi connectivity index (χ0v) is 13.1. The van der Waals surface area contributed by atoms with Crippen LogP contribution in [0.5, 0.6) is 0 Å². The normalized spacial score (nSPS) is 16.8. The Hall–Kier alpha value is -1.16. The molecule has 1 aliphatic rings. The molecule has 0 aromatic heterocycles. The van der Waals surface area contributed by atoms with Crippen LogP contribution >= 0.6 is 15.9 Å². The molecule has 1 saturated heterocycles. The van der Waals surface area contributed by atoms with Crippen molar-refractivity contribution in [2.24, 2.45) is 5.73 Å². The summed E-state index contributed by atoms with van der Waals surface area (Å²) in [5, 5.41) is 0. The minimum atomic E-state index is -0.0287. The van der Waals surface area contributed by atoms with E-state index in [0.29, 0.717) is 6.54 Å². The van der Waals surface area contributed by atoms with Gasteiger partial charge in [0.2, 0.25) is 0 Å². The number of hydrogen-bond acceptors (Lipinski definition) is 2. The first-order chi connectivity index (χ1) is 9.65. The van der Waals surface area contributed by atoms with Gasteiger partial charge in [0.1, 0.15) is 0 Å². The Morgan fingerprint density at radius 2 is 2.00 bits per heavy atom. The van der Waals surface area contributed by atoms with Crippen molar-refractivity contribution in [2.75, 3.05) is 13.2 Å². The standard InChI is InChI=1S/C17H18BrNO/c1-12-5-6-15(18)8-16(12)17(10-20-11-17)14-4-2-3-13(7-14)9-19/h2-8H,9-11,19H2,1H3. The zero-order chi connectivity index (χ0) is 14.2. The van der Waals surface area contributed by atoms with E-state index in [4.69, 9.17) is 10.5 Å². The van der Waals surface area contributed by atoms with Crippen molar-refractivity contribution < 1.29 is 4.74 Å². The quantitative estimate of drug-likeness (QED) is 0.933. The maximum Gasteiger partial charge on any atom is 0.0672 e. The van der Waals surface area contributed by atoms with E-state index in [2.05, 4.69) is 65.3 Å². The first-order valence-electron chi connectivity index (χ1n) is 6.79. The molecule has 0 aliphatic carbocycles. The molecule has 2 aromatic carbocycles. The van der Waals surface area contributed by atoms with Crippen molar-refractivity contribution in [1.82, 2.24) is 0 Å². The third-order valence-electron chi connectivity index (χ3n) is 4.13. The lowest BCUT2D eigenvalue weighted by Gasteiger charge is -2.43. The summed E-state index contributed by atoms with van der Waals surface area (Å²) in [6.07, 6.45) is 0. The number of benzene rings is 2. The van der Waals surface area contributed by atoms with Crippen molar-refractivity contribution in [2.45, 2.75) is 18.9 Å². The Balaban J connectivity index is 2.13. The van der Waals surface area contributed by atoms with Crippen LogP contribution in [0.25, 0.3) is 0 Å². The summed E-state index contributed by atoms with van der Waals surface area (Å²) in [4.78, 5) is 0. The van der Waals surface area contributed by atoms with Gasteiger partial charge in [-0.1, -0.05) is 46.3 Å². The van der Waals surface area contributed by atoms with Gasteiger partial charge in [0.25, 0.3) is 0 Å². The molecular weight excluding hydrogens is 314 g/mol. The number of aryl methyl sites for hydroxylation is 1. The summed E-state index contributed by atoms with van der Waals surface area (Å²) in [6, 6.07) is 15.0.